The van der Waals surface area contributed by atoms with Gasteiger partial charge in [0.2, 0.25) is 0 Å². The summed E-state index contributed by atoms with van der Waals surface area (Å²) < 4.78 is 0. The Kier molecular flexibility index (Phi) is 2.14. The predicted octanol–water partition coefficient (Wildman–Crippen LogP) is 0.608. The van der Waals surface area contributed by atoms with E-state index in [1.807, 2.05) is 6.92 Å². The molecule has 0 saturated carbocycles. The zero-order valence-corrected chi connectivity index (χ0v) is 6.76. The molecule has 0 amide bonds. The number of aryl methyl sites for hydroxylation is 1. The van der Waals surface area contributed by atoms with Crippen LogP contribution in [-0.2, 0) is 6.42 Å². The number of nitrogens with two attached hydrogens (primary N) is 1. The molecule has 1 aromatic heterocycles. The molecule has 1 atom stereocenters. The van der Waals surface area contributed by atoms with Crippen molar-refractivity contribution >= 4 is 5.95 Å². The maximum atomic E-state index is 9.22. The summed E-state index contributed by atoms with van der Waals surface area (Å²) in [5.74, 6) is 0.373. The normalized spacial score (nSPS) is 13.4. The Balaban J connectivity index is 3.02. The topological polar surface area (TPSA) is 74.9 Å². The minimum atomic E-state index is -0.519. The Bertz CT molecular complexity index is 242. The van der Waals surface area contributed by atoms with E-state index in [0.717, 1.165) is 17.8 Å². The van der Waals surface area contributed by atoms with E-state index in [9.17, 15) is 5.11 Å². The highest BCUT2D eigenvalue weighted by molar-refractivity contribution is 5.27. The van der Waals surface area contributed by atoms with Crippen molar-refractivity contribution in [3.8, 4) is 0 Å². The molecule has 0 aliphatic heterocycles. The summed E-state index contributed by atoms with van der Waals surface area (Å²) in [5.41, 5.74) is 6.99. The summed E-state index contributed by atoms with van der Waals surface area (Å²) in [6.07, 6.45) is 0.267. The van der Waals surface area contributed by atoms with Crippen LogP contribution >= 0.6 is 0 Å². The fourth-order valence-corrected chi connectivity index (χ4v) is 1.06. The molecule has 0 aromatic carbocycles. The molecule has 62 valence electrons. The number of nitrogens with one attached hydrogen (secondary N) is 1. The van der Waals surface area contributed by atoms with E-state index in [0.29, 0.717) is 5.95 Å². The lowest BCUT2D eigenvalue weighted by atomic mass is 10.2. The first kappa shape index (κ1) is 8.07. The molecule has 0 aliphatic carbocycles. The molecule has 0 fully saturated rings. The number of nitrogen functional groups attached to an aromatic ring is 1. The van der Waals surface area contributed by atoms with E-state index in [1.54, 1.807) is 6.92 Å². The largest absolute Gasteiger partial charge is 0.387 e. The number of rotatable bonds is 2. The van der Waals surface area contributed by atoms with Crippen LogP contribution in [0.3, 0.4) is 0 Å². The van der Waals surface area contributed by atoms with Gasteiger partial charge in [-0.25, -0.2) is 4.98 Å². The number of hydrogen-bond donors (Lipinski definition) is 3. The second-order valence-corrected chi connectivity index (χ2v) is 2.51. The third-order valence-corrected chi connectivity index (χ3v) is 1.58. The molecule has 1 unspecified atom stereocenters. The predicted molar refractivity (Wildman–Crippen MR) is 43.0 cm³/mol. The molecule has 0 spiro atoms. The number of imidazole rings is 1. The van der Waals surface area contributed by atoms with Gasteiger partial charge in [0, 0.05) is 0 Å². The summed E-state index contributed by atoms with van der Waals surface area (Å²) in [5, 5.41) is 9.22. The number of nitrogens with zero attached hydrogens (tertiary/aromatic N) is 1. The minimum Gasteiger partial charge on any atom is -0.387 e. The number of H-pyrrole nitrogens is 1. The van der Waals surface area contributed by atoms with E-state index in [2.05, 4.69) is 9.97 Å². The fourth-order valence-electron chi connectivity index (χ4n) is 1.06. The first-order valence-electron chi connectivity index (χ1n) is 3.67. The van der Waals surface area contributed by atoms with Gasteiger partial charge in [0.1, 0.15) is 0 Å². The van der Waals surface area contributed by atoms with Gasteiger partial charge in [0.05, 0.1) is 17.5 Å². The molecule has 4 N–H and O–H groups in total. The van der Waals surface area contributed by atoms with Crippen molar-refractivity contribution in [2.75, 3.05) is 5.73 Å². The van der Waals surface area contributed by atoms with Crippen LogP contribution < -0.4 is 5.73 Å². The number of aromatic nitrogens is 2. The summed E-state index contributed by atoms with van der Waals surface area (Å²) in [4.78, 5) is 6.82. The molecule has 0 saturated heterocycles. The smallest absolute Gasteiger partial charge is 0.197 e. The fraction of sp³-hybridized carbons (Fsp3) is 0.571. The van der Waals surface area contributed by atoms with Crippen LogP contribution in [0.2, 0.25) is 0 Å². The van der Waals surface area contributed by atoms with Crippen molar-refractivity contribution in [3.63, 3.8) is 0 Å². The summed E-state index contributed by atoms with van der Waals surface area (Å²) in [6, 6.07) is 0. The van der Waals surface area contributed by atoms with Gasteiger partial charge >= 0.3 is 0 Å². The Morgan fingerprint density at radius 1 is 1.73 bits per heavy atom. The highest BCUT2D eigenvalue weighted by Gasteiger charge is 2.10. The third-order valence-electron chi connectivity index (χ3n) is 1.58. The van der Waals surface area contributed by atoms with Crippen LogP contribution in [0.15, 0.2) is 0 Å². The van der Waals surface area contributed by atoms with Gasteiger partial charge in [-0.05, 0) is 13.3 Å². The maximum Gasteiger partial charge on any atom is 0.197 e. The number of aliphatic hydroxyl groups excluding tert-OH is 1. The molecule has 4 heteroatoms. The molecule has 1 heterocycles. The van der Waals surface area contributed by atoms with Crippen LogP contribution in [0, 0.1) is 0 Å². The van der Waals surface area contributed by atoms with Gasteiger partial charge < -0.3 is 15.8 Å². The van der Waals surface area contributed by atoms with Gasteiger partial charge in [-0.2, -0.15) is 0 Å². The lowest BCUT2D eigenvalue weighted by molar-refractivity contribution is 0.194. The average molecular weight is 155 g/mol. The van der Waals surface area contributed by atoms with E-state index in [4.69, 9.17) is 5.73 Å². The number of aromatic amines is 1. The molecule has 0 bridgehead atoms. The van der Waals surface area contributed by atoms with Crippen molar-refractivity contribution in [1.29, 1.82) is 0 Å². The second kappa shape index (κ2) is 2.92. The lowest BCUT2D eigenvalue weighted by Gasteiger charge is -2.01. The van der Waals surface area contributed by atoms with Crippen LogP contribution in [0.25, 0.3) is 0 Å². The number of anilines is 1. The van der Waals surface area contributed by atoms with Gasteiger partial charge in [-0.3, -0.25) is 0 Å². The van der Waals surface area contributed by atoms with E-state index in [-0.39, 0.29) is 0 Å². The Labute approximate surface area is 65.5 Å². The minimum absolute atomic E-state index is 0.373. The zero-order valence-electron chi connectivity index (χ0n) is 6.76. The highest BCUT2D eigenvalue weighted by atomic mass is 16.3. The SMILES string of the molecule is CCc1nc(N)[nH]c1C(C)O. The van der Waals surface area contributed by atoms with E-state index < -0.39 is 6.10 Å². The third kappa shape index (κ3) is 1.51. The molecular weight excluding hydrogens is 142 g/mol. The Morgan fingerprint density at radius 3 is 2.73 bits per heavy atom. The monoisotopic (exact) mass is 155 g/mol. The molecule has 0 aliphatic rings. The maximum absolute atomic E-state index is 9.22. The highest BCUT2D eigenvalue weighted by Crippen LogP contribution is 2.15. The lowest BCUT2D eigenvalue weighted by Crippen LogP contribution is -1.96. The van der Waals surface area contributed by atoms with Crippen LogP contribution in [-0.4, -0.2) is 15.1 Å². The van der Waals surface area contributed by atoms with Crippen LogP contribution in [0.4, 0.5) is 5.95 Å². The van der Waals surface area contributed by atoms with Crippen molar-refractivity contribution in [1.82, 2.24) is 9.97 Å². The standard InChI is InChI=1S/C7H13N3O/c1-3-5-6(4(2)11)10-7(8)9-5/h4,11H,3H2,1-2H3,(H3,8,9,10). The van der Waals surface area contributed by atoms with E-state index >= 15 is 0 Å². The Morgan fingerprint density at radius 2 is 2.36 bits per heavy atom. The summed E-state index contributed by atoms with van der Waals surface area (Å²) >= 11 is 0. The van der Waals surface area contributed by atoms with Crippen LogP contribution in [0.1, 0.15) is 31.3 Å². The molecule has 0 radical (unpaired) electrons. The summed E-state index contributed by atoms with van der Waals surface area (Å²) in [6.45, 7) is 3.66. The second-order valence-electron chi connectivity index (χ2n) is 2.51. The van der Waals surface area contributed by atoms with Crippen LogP contribution in [0.5, 0.6) is 0 Å². The molecule has 1 aromatic rings. The number of hydrogen-bond acceptors (Lipinski definition) is 3. The van der Waals surface area contributed by atoms with Crippen molar-refractivity contribution in [2.45, 2.75) is 26.4 Å². The summed E-state index contributed by atoms with van der Waals surface area (Å²) in [7, 11) is 0. The number of aliphatic hydroxyl groups is 1. The van der Waals surface area contributed by atoms with Crippen molar-refractivity contribution in [2.24, 2.45) is 0 Å². The van der Waals surface area contributed by atoms with E-state index in [1.165, 1.54) is 0 Å². The first-order valence-corrected chi connectivity index (χ1v) is 3.67. The molecule has 4 nitrogen and oxygen atoms in total. The average Bonchev–Trinajstić information content (AvgIpc) is 2.30. The van der Waals surface area contributed by atoms with Gasteiger partial charge in [0.15, 0.2) is 5.95 Å². The Hall–Kier alpha value is -1.03. The van der Waals surface area contributed by atoms with Gasteiger partial charge in [-0.1, -0.05) is 6.92 Å². The quantitative estimate of drug-likeness (QED) is 0.585. The molecule has 1 rings (SSSR count). The van der Waals surface area contributed by atoms with Gasteiger partial charge in [-0.15, -0.1) is 0 Å². The molecular formula is C7H13N3O. The van der Waals surface area contributed by atoms with Gasteiger partial charge in [0.25, 0.3) is 0 Å². The van der Waals surface area contributed by atoms with Crippen molar-refractivity contribution in [3.05, 3.63) is 11.4 Å². The zero-order chi connectivity index (χ0) is 8.43. The first-order chi connectivity index (χ1) is 5.15. The van der Waals surface area contributed by atoms with Crippen molar-refractivity contribution < 1.29 is 5.11 Å². The molecule has 11 heavy (non-hydrogen) atoms.